The lowest BCUT2D eigenvalue weighted by Gasteiger charge is -2.16. The summed E-state index contributed by atoms with van der Waals surface area (Å²) < 4.78 is 49.9. The summed E-state index contributed by atoms with van der Waals surface area (Å²) in [4.78, 5) is 36.3. The first-order valence-corrected chi connectivity index (χ1v) is 18.4. The molecule has 1 unspecified atom stereocenters. The maximum atomic E-state index is 12.6. The van der Waals surface area contributed by atoms with Crippen molar-refractivity contribution < 1.29 is 57.0 Å². The fraction of sp³-hybridized carbons (Fsp3) is 0.452. The standard InChI is InChI=1S/C42H52O12/c1-4-38(43)50-27-8-6-5-7-26-49-35-19-13-33(14-20-35)16-22-40(45)54-37-30-52-41-36(29-51-42(37)41)53-39(44)21-15-32-11-17-34(18-12-32)31(2)48-28-10-25-47-24-9-23-46-3/h4,11-22,36-37,41-42H,1-2,5-10,23-30H2,3H3/b21-15+,22-16+/t36?,37-,41-,42-/m1/s1. The lowest BCUT2D eigenvalue weighted by atomic mass is 10.1. The van der Waals surface area contributed by atoms with E-state index in [2.05, 4.69) is 13.2 Å². The second-order valence-electron chi connectivity index (χ2n) is 12.6. The first kappa shape index (κ1) is 42.0. The van der Waals surface area contributed by atoms with E-state index in [-0.39, 0.29) is 13.2 Å². The molecule has 0 bridgehead atoms. The number of benzene rings is 2. The fourth-order valence-corrected chi connectivity index (χ4v) is 5.62. The van der Waals surface area contributed by atoms with Crippen LogP contribution in [0.2, 0.25) is 0 Å². The number of hydrogen-bond acceptors (Lipinski definition) is 12. The summed E-state index contributed by atoms with van der Waals surface area (Å²) >= 11 is 0. The number of ether oxygens (including phenoxy) is 9. The van der Waals surface area contributed by atoms with Gasteiger partial charge in [0.2, 0.25) is 0 Å². The highest BCUT2D eigenvalue weighted by molar-refractivity contribution is 5.88. The van der Waals surface area contributed by atoms with Gasteiger partial charge in [-0.25, -0.2) is 14.4 Å². The molecule has 2 fully saturated rings. The number of unbranched alkanes of at least 4 members (excludes halogenated alkanes) is 3. The van der Waals surface area contributed by atoms with E-state index >= 15 is 0 Å². The van der Waals surface area contributed by atoms with Gasteiger partial charge in [0.25, 0.3) is 0 Å². The molecule has 2 heterocycles. The van der Waals surface area contributed by atoms with Gasteiger partial charge in [-0.3, -0.25) is 0 Å². The van der Waals surface area contributed by atoms with Gasteiger partial charge < -0.3 is 42.6 Å². The van der Waals surface area contributed by atoms with Crippen LogP contribution in [0.15, 0.2) is 79.9 Å². The molecular formula is C42H52O12. The lowest BCUT2D eigenvalue weighted by Crippen LogP contribution is -2.35. The predicted octanol–water partition coefficient (Wildman–Crippen LogP) is 6.13. The summed E-state index contributed by atoms with van der Waals surface area (Å²) in [5, 5.41) is 0. The molecule has 0 N–H and O–H groups in total. The highest BCUT2D eigenvalue weighted by Crippen LogP contribution is 2.31. The Morgan fingerprint density at radius 2 is 1.20 bits per heavy atom. The van der Waals surface area contributed by atoms with Gasteiger partial charge in [0, 0.05) is 57.1 Å². The molecule has 292 valence electrons. The molecule has 0 saturated carbocycles. The van der Waals surface area contributed by atoms with Crippen molar-refractivity contribution in [1.82, 2.24) is 0 Å². The lowest BCUT2D eigenvalue weighted by molar-refractivity contribution is -0.149. The highest BCUT2D eigenvalue weighted by atomic mass is 16.7. The predicted molar refractivity (Wildman–Crippen MR) is 202 cm³/mol. The summed E-state index contributed by atoms with van der Waals surface area (Å²) in [6, 6.07) is 14.9. The van der Waals surface area contributed by atoms with Crippen LogP contribution in [0, 0.1) is 0 Å². The average molecular weight is 749 g/mol. The Kier molecular flexibility index (Phi) is 18.5. The molecule has 12 heteroatoms. The molecule has 0 amide bonds. The zero-order chi connectivity index (χ0) is 38.4. The number of methoxy groups -OCH3 is 1. The Morgan fingerprint density at radius 3 is 1.78 bits per heavy atom. The van der Waals surface area contributed by atoms with Crippen molar-refractivity contribution >= 4 is 35.8 Å². The zero-order valence-corrected chi connectivity index (χ0v) is 31.0. The molecule has 4 atom stereocenters. The van der Waals surface area contributed by atoms with Crippen molar-refractivity contribution in [2.75, 3.05) is 60.0 Å². The van der Waals surface area contributed by atoms with Crippen LogP contribution in [0.1, 0.15) is 55.2 Å². The number of rotatable bonds is 25. The Bertz CT molecular complexity index is 1530. The molecule has 2 aromatic carbocycles. The van der Waals surface area contributed by atoms with E-state index in [4.69, 9.17) is 42.6 Å². The molecule has 0 radical (unpaired) electrons. The van der Waals surface area contributed by atoms with E-state index in [1.54, 1.807) is 19.3 Å². The van der Waals surface area contributed by atoms with Crippen molar-refractivity contribution in [1.29, 1.82) is 0 Å². The van der Waals surface area contributed by atoms with Gasteiger partial charge in [-0.1, -0.05) is 49.6 Å². The van der Waals surface area contributed by atoms with Crippen molar-refractivity contribution in [2.24, 2.45) is 0 Å². The van der Waals surface area contributed by atoms with E-state index in [0.717, 1.165) is 67.0 Å². The van der Waals surface area contributed by atoms with Gasteiger partial charge in [-0.2, -0.15) is 0 Å². The minimum absolute atomic E-state index is 0.136. The number of esters is 3. The van der Waals surface area contributed by atoms with Crippen LogP contribution in [0.5, 0.6) is 5.75 Å². The Balaban J connectivity index is 1.10. The van der Waals surface area contributed by atoms with E-state index in [1.165, 1.54) is 12.2 Å². The Hall–Kier alpha value is -4.75. The Morgan fingerprint density at radius 1 is 0.667 bits per heavy atom. The third-order valence-electron chi connectivity index (χ3n) is 8.50. The summed E-state index contributed by atoms with van der Waals surface area (Å²) in [6.07, 6.45) is 10.1. The normalized spacial score (nSPS) is 19.1. The highest BCUT2D eigenvalue weighted by Gasteiger charge is 2.51. The van der Waals surface area contributed by atoms with E-state index in [1.807, 2.05) is 48.5 Å². The van der Waals surface area contributed by atoms with Crippen LogP contribution in [-0.4, -0.2) is 102 Å². The minimum atomic E-state index is -0.625. The zero-order valence-electron chi connectivity index (χ0n) is 31.0. The number of fused-ring (bicyclic) bond motifs is 1. The molecule has 54 heavy (non-hydrogen) atoms. The van der Waals surface area contributed by atoms with Crippen LogP contribution in [-0.2, 0) is 52.3 Å². The van der Waals surface area contributed by atoms with E-state index in [0.29, 0.717) is 45.4 Å². The summed E-state index contributed by atoms with van der Waals surface area (Å²) in [7, 11) is 1.67. The second-order valence-corrected chi connectivity index (χ2v) is 12.6. The molecule has 2 aliphatic heterocycles. The molecular weight excluding hydrogens is 696 g/mol. The smallest absolute Gasteiger partial charge is 0.331 e. The SMILES string of the molecule is C=CC(=O)OCCCCCCOc1ccc(/C=C/C(=O)O[C@@H]2CO[C@@H]3C(OC(=O)/C=C/c4ccc(C(=C)OCCCOCCCOC)cc4)CO[C@@H]32)cc1. The average Bonchev–Trinajstić information content (AvgIpc) is 3.78. The molecule has 2 saturated heterocycles. The van der Waals surface area contributed by atoms with Crippen molar-refractivity contribution in [3.05, 3.63) is 96.6 Å². The molecule has 2 aromatic rings. The first-order valence-electron chi connectivity index (χ1n) is 18.4. The molecule has 12 nitrogen and oxygen atoms in total. The van der Waals surface area contributed by atoms with Crippen LogP contribution in [0.4, 0.5) is 0 Å². The molecule has 0 spiro atoms. The summed E-state index contributed by atoms with van der Waals surface area (Å²) in [5.41, 5.74) is 2.46. The third-order valence-corrected chi connectivity index (χ3v) is 8.50. The molecule has 2 aliphatic rings. The third kappa shape index (κ3) is 14.9. The van der Waals surface area contributed by atoms with Gasteiger partial charge in [0.1, 0.15) is 23.7 Å². The van der Waals surface area contributed by atoms with Gasteiger partial charge >= 0.3 is 17.9 Å². The van der Waals surface area contributed by atoms with E-state index < -0.39 is 42.3 Å². The maximum Gasteiger partial charge on any atom is 0.331 e. The largest absolute Gasteiger partial charge is 0.494 e. The van der Waals surface area contributed by atoms with Gasteiger partial charge in [0.05, 0.1) is 33.0 Å². The van der Waals surface area contributed by atoms with Crippen molar-refractivity contribution in [2.45, 2.75) is 62.9 Å². The molecule has 4 rings (SSSR count). The first-order chi connectivity index (χ1) is 26.4. The summed E-state index contributed by atoms with van der Waals surface area (Å²) in [5.74, 6) is -0.161. The van der Waals surface area contributed by atoms with Crippen LogP contribution >= 0.6 is 0 Å². The van der Waals surface area contributed by atoms with Gasteiger partial charge in [-0.15, -0.1) is 0 Å². The Labute approximate surface area is 317 Å². The fourth-order valence-electron chi connectivity index (χ4n) is 5.62. The van der Waals surface area contributed by atoms with Crippen LogP contribution < -0.4 is 4.74 Å². The summed E-state index contributed by atoms with van der Waals surface area (Å²) in [6.45, 7) is 11.1. The number of hydrogen-bond donors (Lipinski definition) is 0. The van der Waals surface area contributed by atoms with Gasteiger partial charge in [0.15, 0.2) is 12.2 Å². The van der Waals surface area contributed by atoms with Crippen LogP contribution in [0.3, 0.4) is 0 Å². The quantitative estimate of drug-likeness (QED) is 0.0380. The molecule has 0 aromatic heterocycles. The minimum Gasteiger partial charge on any atom is -0.494 e. The van der Waals surface area contributed by atoms with Crippen molar-refractivity contribution in [3.63, 3.8) is 0 Å². The van der Waals surface area contributed by atoms with Crippen LogP contribution in [0.25, 0.3) is 17.9 Å². The van der Waals surface area contributed by atoms with E-state index in [9.17, 15) is 14.4 Å². The molecule has 0 aliphatic carbocycles. The van der Waals surface area contributed by atoms with Gasteiger partial charge in [-0.05, 0) is 67.5 Å². The number of carbonyl (C=O) groups is 3. The van der Waals surface area contributed by atoms with Crippen molar-refractivity contribution in [3.8, 4) is 5.75 Å². The second kappa shape index (κ2) is 23.8. The topological polar surface area (TPSA) is 134 Å². The number of carbonyl (C=O) groups excluding carboxylic acids is 3. The monoisotopic (exact) mass is 748 g/mol. The maximum absolute atomic E-state index is 12.6.